The van der Waals surface area contributed by atoms with E-state index in [0.29, 0.717) is 5.82 Å². The first-order valence-corrected chi connectivity index (χ1v) is 6.80. The van der Waals surface area contributed by atoms with Crippen molar-refractivity contribution < 1.29 is 14.7 Å². The Morgan fingerprint density at radius 3 is 2.73 bits per heavy atom. The lowest BCUT2D eigenvalue weighted by molar-refractivity contribution is -0.135. The number of urea groups is 1. The van der Waals surface area contributed by atoms with Crippen LogP contribution in [0.1, 0.15) is 0 Å². The summed E-state index contributed by atoms with van der Waals surface area (Å²) >= 11 is 0. The molecule has 3 rings (SSSR count). The Bertz CT molecular complexity index is 698. The molecular formula is C14H15N5O3. The van der Waals surface area contributed by atoms with Gasteiger partial charge in [-0.25, -0.2) is 9.48 Å². The van der Waals surface area contributed by atoms with Gasteiger partial charge in [0.2, 0.25) is 0 Å². The van der Waals surface area contributed by atoms with E-state index in [2.05, 4.69) is 20.6 Å². The number of carbonyl (C=O) groups excluding carboxylic acids is 1. The highest BCUT2D eigenvalue weighted by Crippen LogP contribution is 2.31. The molecule has 0 bridgehead atoms. The van der Waals surface area contributed by atoms with Crippen LogP contribution < -0.4 is 15.5 Å². The minimum Gasteiger partial charge on any atom is -0.480 e. The molecule has 0 saturated carbocycles. The summed E-state index contributed by atoms with van der Waals surface area (Å²) in [5, 5.41) is 17.6. The molecule has 1 aromatic heterocycles. The summed E-state index contributed by atoms with van der Waals surface area (Å²) in [6, 6.07) is 11.1. The SMILES string of the molecule is O=C(O)CNC(=O)Nc1cc2n(n1)CCN2c1ccccc1. The first-order chi connectivity index (χ1) is 10.6. The molecule has 0 radical (unpaired) electrons. The largest absolute Gasteiger partial charge is 0.480 e. The lowest BCUT2D eigenvalue weighted by Crippen LogP contribution is -2.33. The molecule has 2 heterocycles. The average molecular weight is 301 g/mol. The van der Waals surface area contributed by atoms with E-state index in [1.165, 1.54) is 0 Å². The molecule has 0 unspecified atom stereocenters. The minimum atomic E-state index is -1.10. The zero-order valence-electron chi connectivity index (χ0n) is 11.7. The van der Waals surface area contributed by atoms with Gasteiger partial charge in [-0.3, -0.25) is 10.1 Å². The van der Waals surface area contributed by atoms with Gasteiger partial charge in [0.05, 0.1) is 6.54 Å². The summed E-state index contributed by atoms with van der Waals surface area (Å²) in [7, 11) is 0. The maximum atomic E-state index is 11.5. The zero-order chi connectivity index (χ0) is 15.5. The van der Waals surface area contributed by atoms with E-state index in [-0.39, 0.29) is 0 Å². The van der Waals surface area contributed by atoms with Crippen LogP contribution in [0.25, 0.3) is 0 Å². The summed E-state index contributed by atoms with van der Waals surface area (Å²) in [4.78, 5) is 24.1. The van der Waals surface area contributed by atoms with E-state index in [1.807, 2.05) is 30.3 Å². The van der Waals surface area contributed by atoms with E-state index < -0.39 is 18.5 Å². The highest BCUT2D eigenvalue weighted by Gasteiger charge is 2.23. The summed E-state index contributed by atoms with van der Waals surface area (Å²) in [5.41, 5.74) is 1.06. The van der Waals surface area contributed by atoms with Crippen LogP contribution in [0, 0.1) is 0 Å². The van der Waals surface area contributed by atoms with Crippen molar-refractivity contribution in [2.45, 2.75) is 6.54 Å². The molecule has 2 aromatic rings. The number of carbonyl (C=O) groups is 2. The van der Waals surface area contributed by atoms with Crippen LogP contribution >= 0.6 is 0 Å². The Balaban J connectivity index is 1.71. The Hall–Kier alpha value is -3.03. The highest BCUT2D eigenvalue weighted by molar-refractivity contribution is 5.90. The molecule has 0 fully saturated rings. The quantitative estimate of drug-likeness (QED) is 0.789. The number of hydrogen-bond acceptors (Lipinski definition) is 4. The third-order valence-electron chi connectivity index (χ3n) is 3.28. The lowest BCUT2D eigenvalue weighted by atomic mass is 10.3. The monoisotopic (exact) mass is 301 g/mol. The highest BCUT2D eigenvalue weighted by atomic mass is 16.4. The first kappa shape index (κ1) is 13.9. The number of aliphatic carboxylic acids is 1. The number of benzene rings is 1. The Kier molecular flexibility index (Phi) is 3.65. The van der Waals surface area contributed by atoms with Crippen LogP contribution in [0.3, 0.4) is 0 Å². The normalized spacial score (nSPS) is 12.8. The van der Waals surface area contributed by atoms with Gasteiger partial charge in [-0.1, -0.05) is 18.2 Å². The number of hydrogen-bond donors (Lipinski definition) is 3. The van der Waals surface area contributed by atoms with Gasteiger partial charge in [0.1, 0.15) is 12.4 Å². The van der Waals surface area contributed by atoms with Gasteiger partial charge in [-0.05, 0) is 12.1 Å². The van der Waals surface area contributed by atoms with Crippen molar-refractivity contribution in [2.24, 2.45) is 0 Å². The van der Waals surface area contributed by atoms with Crippen LogP contribution in [-0.2, 0) is 11.3 Å². The second kappa shape index (κ2) is 5.76. The molecule has 0 atom stereocenters. The molecule has 0 aliphatic carbocycles. The third kappa shape index (κ3) is 2.85. The molecule has 22 heavy (non-hydrogen) atoms. The van der Waals surface area contributed by atoms with Gasteiger partial charge in [0.25, 0.3) is 0 Å². The molecule has 2 amide bonds. The minimum absolute atomic E-state index is 0.388. The van der Waals surface area contributed by atoms with E-state index in [4.69, 9.17) is 5.11 Å². The molecule has 8 heteroatoms. The number of carboxylic acids is 1. The molecule has 1 aliphatic heterocycles. The Morgan fingerprint density at radius 2 is 2.00 bits per heavy atom. The number of rotatable bonds is 4. The van der Waals surface area contributed by atoms with E-state index in [1.54, 1.807) is 10.7 Å². The van der Waals surface area contributed by atoms with Gasteiger partial charge in [0, 0.05) is 18.3 Å². The van der Waals surface area contributed by atoms with E-state index in [0.717, 1.165) is 24.6 Å². The fourth-order valence-corrected chi connectivity index (χ4v) is 2.34. The lowest BCUT2D eigenvalue weighted by Gasteiger charge is -2.16. The number of para-hydroxylation sites is 1. The van der Waals surface area contributed by atoms with Crippen LogP contribution in [0.2, 0.25) is 0 Å². The van der Waals surface area contributed by atoms with Gasteiger partial charge in [0.15, 0.2) is 5.82 Å². The van der Waals surface area contributed by atoms with Crippen LogP contribution in [-0.4, -0.2) is 40.0 Å². The number of amides is 2. The zero-order valence-corrected chi connectivity index (χ0v) is 11.7. The fraction of sp³-hybridized carbons (Fsp3) is 0.214. The number of fused-ring (bicyclic) bond motifs is 1. The van der Waals surface area contributed by atoms with Gasteiger partial charge in [-0.2, -0.15) is 5.10 Å². The van der Waals surface area contributed by atoms with Crippen molar-refractivity contribution in [3.8, 4) is 0 Å². The van der Waals surface area contributed by atoms with Crippen molar-refractivity contribution in [3.63, 3.8) is 0 Å². The number of anilines is 3. The number of nitrogens with zero attached hydrogens (tertiary/aromatic N) is 3. The smallest absolute Gasteiger partial charge is 0.323 e. The van der Waals surface area contributed by atoms with Crippen LogP contribution in [0.15, 0.2) is 36.4 Å². The maximum Gasteiger partial charge on any atom is 0.323 e. The van der Waals surface area contributed by atoms with Crippen molar-refractivity contribution in [1.29, 1.82) is 0 Å². The summed E-state index contributed by atoms with van der Waals surface area (Å²) in [5.74, 6) is 0.177. The molecule has 114 valence electrons. The molecular weight excluding hydrogens is 286 g/mol. The van der Waals surface area contributed by atoms with E-state index >= 15 is 0 Å². The molecule has 3 N–H and O–H groups in total. The molecule has 0 spiro atoms. The van der Waals surface area contributed by atoms with Gasteiger partial charge >= 0.3 is 12.0 Å². The van der Waals surface area contributed by atoms with E-state index in [9.17, 15) is 9.59 Å². The Labute approximate surface area is 126 Å². The van der Waals surface area contributed by atoms with Gasteiger partial charge < -0.3 is 15.3 Å². The predicted molar refractivity (Wildman–Crippen MR) is 80.3 cm³/mol. The van der Waals surface area contributed by atoms with Crippen molar-refractivity contribution >= 4 is 29.3 Å². The van der Waals surface area contributed by atoms with Crippen LogP contribution in [0.5, 0.6) is 0 Å². The number of carboxylic acid groups (broad SMARTS) is 1. The Morgan fingerprint density at radius 1 is 1.23 bits per heavy atom. The topological polar surface area (TPSA) is 99.5 Å². The van der Waals surface area contributed by atoms with Crippen molar-refractivity contribution in [1.82, 2.24) is 15.1 Å². The predicted octanol–water partition coefficient (Wildman–Crippen LogP) is 1.24. The van der Waals surface area contributed by atoms with Crippen LogP contribution in [0.4, 0.5) is 22.1 Å². The molecule has 0 saturated heterocycles. The number of aromatic nitrogens is 2. The van der Waals surface area contributed by atoms with Crippen molar-refractivity contribution in [2.75, 3.05) is 23.3 Å². The maximum absolute atomic E-state index is 11.5. The average Bonchev–Trinajstić information content (AvgIpc) is 3.05. The number of nitrogens with one attached hydrogen (secondary N) is 2. The van der Waals surface area contributed by atoms with Crippen molar-refractivity contribution in [3.05, 3.63) is 36.4 Å². The second-order valence-corrected chi connectivity index (χ2v) is 4.80. The summed E-state index contributed by atoms with van der Waals surface area (Å²) in [6.07, 6.45) is 0. The summed E-state index contributed by atoms with van der Waals surface area (Å²) < 4.78 is 1.81. The second-order valence-electron chi connectivity index (χ2n) is 4.80. The molecule has 1 aromatic carbocycles. The molecule has 8 nitrogen and oxygen atoms in total. The standard InChI is InChI=1S/C14H15N5O3/c20-13(21)9-15-14(22)16-11-8-12-18(6-7-19(12)17-11)10-4-2-1-3-5-10/h1-5,8H,6-7,9H2,(H,20,21)(H2,15,16,17,22). The third-order valence-corrected chi connectivity index (χ3v) is 3.28. The fourth-order valence-electron chi connectivity index (χ4n) is 2.34. The first-order valence-electron chi connectivity index (χ1n) is 6.80. The summed E-state index contributed by atoms with van der Waals surface area (Å²) in [6.45, 7) is 1.11. The molecule has 1 aliphatic rings. The van der Waals surface area contributed by atoms with Gasteiger partial charge in [-0.15, -0.1) is 0 Å².